The molecule has 0 radical (unpaired) electrons. The average Bonchev–Trinajstić information content (AvgIpc) is 2.01. The molecule has 0 spiro atoms. The molecule has 0 aromatic carbocycles. The summed E-state index contributed by atoms with van der Waals surface area (Å²) in [5, 5.41) is 3.67. The van der Waals surface area contributed by atoms with Crippen LogP contribution in [0.2, 0.25) is 0 Å². The molecule has 0 saturated carbocycles. The number of hydrogen-bond donors (Lipinski definition) is 2. The molecule has 0 fully saturated rings. The lowest BCUT2D eigenvalue weighted by atomic mass is 10.4. The van der Waals surface area contributed by atoms with E-state index in [-0.39, 0.29) is 0 Å². The molecule has 4 nitrogen and oxygen atoms in total. The highest BCUT2D eigenvalue weighted by Crippen LogP contribution is 1.95. The summed E-state index contributed by atoms with van der Waals surface area (Å²) in [5.41, 5.74) is 0. The summed E-state index contributed by atoms with van der Waals surface area (Å²) in [6.45, 7) is 4.80. The lowest BCUT2D eigenvalue weighted by Gasteiger charge is -2.05. The second kappa shape index (κ2) is 4.37. The molecule has 66 valence electrons. The molecular weight excluding hydrogens is 172 g/mol. The van der Waals surface area contributed by atoms with Gasteiger partial charge in [-0.3, -0.25) is 0 Å². The van der Waals surface area contributed by atoms with Crippen LogP contribution in [0.1, 0.15) is 19.7 Å². The highest BCUT2D eigenvalue weighted by molar-refractivity contribution is 7.80. The summed E-state index contributed by atoms with van der Waals surface area (Å²) in [6.07, 6.45) is 1.46. The van der Waals surface area contributed by atoms with E-state index in [2.05, 4.69) is 46.7 Å². The van der Waals surface area contributed by atoms with E-state index >= 15 is 0 Å². The largest absolute Gasteiger partial charge is 0.308 e. The molecule has 0 aliphatic carbocycles. The molecule has 0 bridgehead atoms. The standard InChI is InChI=1S/C7H12N4S/c1-5(2)8-3-6-9-4-10-7(12)11-6/h4-5,8H,3H2,1-2H3,(H,9,10,11,12). The molecule has 1 heterocycles. The van der Waals surface area contributed by atoms with Gasteiger partial charge in [-0.15, -0.1) is 12.6 Å². The normalized spacial score (nSPS) is 10.7. The van der Waals surface area contributed by atoms with Gasteiger partial charge in [0.1, 0.15) is 12.2 Å². The van der Waals surface area contributed by atoms with Crippen molar-refractivity contribution in [3.63, 3.8) is 0 Å². The second-order valence-electron chi connectivity index (χ2n) is 2.74. The Labute approximate surface area is 77.3 Å². The summed E-state index contributed by atoms with van der Waals surface area (Å²) in [7, 11) is 0. The maximum Gasteiger partial charge on any atom is 0.187 e. The number of hydrogen-bond acceptors (Lipinski definition) is 5. The third-order valence-corrected chi connectivity index (χ3v) is 1.49. The molecule has 0 saturated heterocycles. The molecule has 0 aliphatic heterocycles. The van der Waals surface area contributed by atoms with E-state index in [0.29, 0.717) is 17.7 Å². The van der Waals surface area contributed by atoms with E-state index in [1.165, 1.54) is 6.33 Å². The van der Waals surface area contributed by atoms with Crippen LogP contribution in [0.15, 0.2) is 11.5 Å². The van der Waals surface area contributed by atoms with Gasteiger partial charge in [-0.05, 0) is 0 Å². The van der Waals surface area contributed by atoms with Crippen LogP contribution < -0.4 is 5.32 Å². The molecule has 12 heavy (non-hydrogen) atoms. The van der Waals surface area contributed by atoms with E-state index in [1.807, 2.05) is 0 Å². The Morgan fingerprint density at radius 2 is 2.25 bits per heavy atom. The summed E-state index contributed by atoms with van der Waals surface area (Å²) >= 11 is 4.01. The SMILES string of the molecule is CC(C)NCc1ncnc(S)n1. The summed E-state index contributed by atoms with van der Waals surface area (Å²) in [6, 6.07) is 0.435. The Morgan fingerprint density at radius 1 is 1.50 bits per heavy atom. The van der Waals surface area contributed by atoms with Crippen molar-refractivity contribution in [1.82, 2.24) is 20.3 Å². The Morgan fingerprint density at radius 3 is 2.83 bits per heavy atom. The van der Waals surface area contributed by atoms with E-state index in [9.17, 15) is 0 Å². The van der Waals surface area contributed by atoms with Gasteiger partial charge < -0.3 is 5.32 Å². The summed E-state index contributed by atoms with van der Waals surface area (Å²) < 4.78 is 0. The molecule has 0 amide bonds. The lowest BCUT2D eigenvalue weighted by Crippen LogP contribution is -2.23. The van der Waals surface area contributed by atoms with Crippen LogP contribution in [0, 0.1) is 0 Å². The quantitative estimate of drug-likeness (QED) is 0.677. The molecule has 1 rings (SSSR count). The van der Waals surface area contributed by atoms with Crippen molar-refractivity contribution < 1.29 is 0 Å². The highest BCUT2D eigenvalue weighted by atomic mass is 32.1. The molecule has 5 heteroatoms. The Kier molecular flexibility index (Phi) is 3.43. The third kappa shape index (κ3) is 3.15. The maximum atomic E-state index is 4.02. The van der Waals surface area contributed by atoms with Crippen molar-refractivity contribution in [2.24, 2.45) is 0 Å². The number of nitrogens with zero attached hydrogens (tertiary/aromatic N) is 3. The van der Waals surface area contributed by atoms with Crippen LogP contribution in [0.5, 0.6) is 0 Å². The van der Waals surface area contributed by atoms with Gasteiger partial charge in [-0.25, -0.2) is 15.0 Å². The van der Waals surface area contributed by atoms with Gasteiger partial charge in [-0.1, -0.05) is 13.8 Å². The van der Waals surface area contributed by atoms with Crippen molar-refractivity contribution in [3.05, 3.63) is 12.2 Å². The summed E-state index contributed by atoms with van der Waals surface area (Å²) in [5.74, 6) is 0.726. The predicted molar refractivity (Wildman–Crippen MR) is 49.1 cm³/mol. The predicted octanol–water partition coefficient (Wildman–Crippen LogP) is 0.658. The van der Waals surface area contributed by atoms with Crippen LogP contribution in [0.3, 0.4) is 0 Å². The van der Waals surface area contributed by atoms with Crippen LogP contribution in [0.4, 0.5) is 0 Å². The Balaban J connectivity index is 2.52. The lowest BCUT2D eigenvalue weighted by molar-refractivity contribution is 0.565. The number of aromatic nitrogens is 3. The first-order valence-corrected chi connectivity index (χ1v) is 4.23. The fraction of sp³-hybridized carbons (Fsp3) is 0.571. The monoisotopic (exact) mass is 184 g/mol. The van der Waals surface area contributed by atoms with Gasteiger partial charge in [0.25, 0.3) is 0 Å². The van der Waals surface area contributed by atoms with Gasteiger partial charge >= 0.3 is 0 Å². The number of thiol groups is 1. The van der Waals surface area contributed by atoms with Gasteiger partial charge in [0.15, 0.2) is 5.16 Å². The first kappa shape index (κ1) is 9.41. The van der Waals surface area contributed by atoms with Crippen molar-refractivity contribution in [2.75, 3.05) is 0 Å². The van der Waals surface area contributed by atoms with Crippen molar-refractivity contribution in [1.29, 1.82) is 0 Å². The zero-order valence-corrected chi connectivity index (χ0v) is 8.05. The van der Waals surface area contributed by atoms with Gasteiger partial charge in [0, 0.05) is 6.04 Å². The first-order chi connectivity index (χ1) is 5.68. The third-order valence-electron chi connectivity index (χ3n) is 1.28. The zero-order valence-electron chi connectivity index (χ0n) is 7.15. The number of rotatable bonds is 3. The van der Waals surface area contributed by atoms with Gasteiger partial charge in [0.05, 0.1) is 6.54 Å². The molecule has 0 atom stereocenters. The van der Waals surface area contributed by atoms with Crippen molar-refractivity contribution in [2.45, 2.75) is 31.6 Å². The van der Waals surface area contributed by atoms with E-state index < -0.39 is 0 Å². The topological polar surface area (TPSA) is 50.7 Å². The minimum Gasteiger partial charge on any atom is -0.308 e. The smallest absolute Gasteiger partial charge is 0.187 e. The van der Waals surface area contributed by atoms with E-state index in [0.717, 1.165) is 5.82 Å². The molecule has 0 aliphatic rings. The Bertz CT molecular complexity index is 251. The van der Waals surface area contributed by atoms with Crippen LogP contribution in [0.25, 0.3) is 0 Å². The minimum atomic E-state index is 0.435. The second-order valence-corrected chi connectivity index (χ2v) is 3.14. The highest BCUT2D eigenvalue weighted by Gasteiger charge is 1.98. The fourth-order valence-electron chi connectivity index (χ4n) is 0.701. The minimum absolute atomic E-state index is 0.435. The van der Waals surface area contributed by atoms with Crippen LogP contribution >= 0.6 is 12.6 Å². The van der Waals surface area contributed by atoms with Crippen molar-refractivity contribution >= 4 is 12.6 Å². The van der Waals surface area contributed by atoms with Crippen LogP contribution in [-0.2, 0) is 6.54 Å². The molecule has 1 aromatic rings. The van der Waals surface area contributed by atoms with E-state index in [1.54, 1.807) is 0 Å². The maximum absolute atomic E-state index is 4.02. The van der Waals surface area contributed by atoms with Crippen molar-refractivity contribution in [3.8, 4) is 0 Å². The molecule has 1 aromatic heterocycles. The van der Waals surface area contributed by atoms with Crippen LogP contribution in [-0.4, -0.2) is 21.0 Å². The average molecular weight is 184 g/mol. The summed E-state index contributed by atoms with van der Waals surface area (Å²) in [4.78, 5) is 11.8. The molecule has 0 unspecified atom stereocenters. The Hall–Kier alpha value is -0.680. The zero-order chi connectivity index (χ0) is 8.97. The van der Waals surface area contributed by atoms with Gasteiger partial charge in [0.2, 0.25) is 0 Å². The first-order valence-electron chi connectivity index (χ1n) is 3.78. The number of nitrogens with one attached hydrogen (secondary N) is 1. The fourth-order valence-corrected chi connectivity index (χ4v) is 0.868. The molecule has 1 N–H and O–H groups in total. The van der Waals surface area contributed by atoms with E-state index in [4.69, 9.17) is 0 Å². The molecular formula is C7H12N4S. The van der Waals surface area contributed by atoms with Gasteiger partial charge in [-0.2, -0.15) is 0 Å².